The van der Waals surface area contributed by atoms with Gasteiger partial charge in [-0.05, 0) is 42.5 Å². The second-order valence-corrected chi connectivity index (χ2v) is 6.61. The summed E-state index contributed by atoms with van der Waals surface area (Å²) in [6.07, 6.45) is 3.02. The number of allylic oxidation sites excluding steroid dienone is 1. The molecule has 0 spiro atoms. The van der Waals surface area contributed by atoms with E-state index in [0.717, 1.165) is 0 Å². The van der Waals surface area contributed by atoms with E-state index in [1.807, 2.05) is 0 Å². The van der Waals surface area contributed by atoms with Gasteiger partial charge in [-0.15, -0.1) is 0 Å². The molecule has 0 amide bonds. The standard InChI is InChI=1S/C24H30O10/c1-26-13-31-21-9-7-19(30-5)10-17(21)6-8-20(25)18-11-22(32-14-27-2)24(34-16-29-4)23(12-18)33-15-28-3/h6-12H,13-16H2,1-5H3/b8-6+. The van der Waals surface area contributed by atoms with E-state index in [4.69, 9.17) is 42.6 Å². The van der Waals surface area contributed by atoms with Crippen molar-refractivity contribution in [3.63, 3.8) is 0 Å². The van der Waals surface area contributed by atoms with Crippen LogP contribution in [-0.4, -0.2) is 68.5 Å². The zero-order valence-electron chi connectivity index (χ0n) is 20.0. The second kappa shape index (κ2) is 14.8. The van der Waals surface area contributed by atoms with Gasteiger partial charge in [0, 0.05) is 39.6 Å². The molecular formula is C24H30O10. The topological polar surface area (TPSA) is 100 Å². The normalized spacial score (nSPS) is 10.9. The average molecular weight is 478 g/mol. The second-order valence-electron chi connectivity index (χ2n) is 6.61. The van der Waals surface area contributed by atoms with Gasteiger partial charge in [0.15, 0.2) is 44.5 Å². The summed E-state index contributed by atoms with van der Waals surface area (Å²) in [4.78, 5) is 13.1. The van der Waals surface area contributed by atoms with Crippen LogP contribution in [0.25, 0.3) is 6.08 Å². The van der Waals surface area contributed by atoms with E-state index >= 15 is 0 Å². The number of rotatable bonds is 16. The van der Waals surface area contributed by atoms with Crippen LogP contribution in [0, 0.1) is 0 Å². The highest BCUT2D eigenvalue weighted by Gasteiger charge is 2.18. The Labute approximate surface area is 198 Å². The van der Waals surface area contributed by atoms with Gasteiger partial charge >= 0.3 is 0 Å². The van der Waals surface area contributed by atoms with E-state index in [0.29, 0.717) is 22.6 Å². The maximum absolute atomic E-state index is 13.1. The molecule has 2 rings (SSSR count). The minimum absolute atomic E-state index is 0.0556. The smallest absolute Gasteiger partial charge is 0.206 e. The summed E-state index contributed by atoms with van der Waals surface area (Å²) >= 11 is 0. The molecule has 10 nitrogen and oxygen atoms in total. The summed E-state index contributed by atoms with van der Waals surface area (Å²) in [5, 5.41) is 0. The zero-order valence-corrected chi connectivity index (χ0v) is 20.0. The van der Waals surface area contributed by atoms with Gasteiger partial charge < -0.3 is 42.6 Å². The predicted octanol–water partition coefficient (Wildman–Crippen LogP) is 3.52. The number of methoxy groups -OCH3 is 5. The fourth-order valence-corrected chi connectivity index (χ4v) is 2.74. The van der Waals surface area contributed by atoms with Gasteiger partial charge in [-0.25, -0.2) is 0 Å². The quantitative estimate of drug-likeness (QED) is 0.202. The van der Waals surface area contributed by atoms with E-state index in [-0.39, 0.29) is 50.2 Å². The van der Waals surface area contributed by atoms with E-state index in [1.54, 1.807) is 31.4 Å². The van der Waals surface area contributed by atoms with Crippen molar-refractivity contribution in [1.29, 1.82) is 0 Å². The SMILES string of the molecule is COCOc1ccc(OC)cc1/C=C/C(=O)c1cc(OCOC)c(OCOC)c(OCOC)c1. The molecule has 34 heavy (non-hydrogen) atoms. The first kappa shape index (κ1) is 26.9. The van der Waals surface area contributed by atoms with Crippen molar-refractivity contribution >= 4 is 11.9 Å². The lowest BCUT2D eigenvalue weighted by Crippen LogP contribution is -2.09. The van der Waals surface area contributed by atoms with Crippen molar-refractivity contribution < 1.29 is 47.4 Å². The number of ketones is 1. The summed E-state index contributed by atoms with van der Waals surface area (Å²) in [6.45, 7) is -0.125. The van der Waals surface area contributed by atoms with Crippen LogP contribution in [0.1, 0.15) is 15.9 Å². The Bertz CT molecular complexity index is 912. The lowest BCUT2D eigenvalue weighted by Gasteiger charge is -2.17. The molecule has 186 valence electrons. The maximum Gasteiger partial charge on any atom is 0.206 e. The first-order chi connectivity index (χ1) is 16.6. The lowest BCUT2D eigenvalue weighted by atomic mass is 10.1. The fraction of sp³-hybridized carbons (Fsp3) is 0.375. The summed E-state index contributed by atoms with van der Waals surface area (Å²) in [6, 6.07) is 8.30. The number of hydrogen-bond acceptors (Lipinski definition) is 10. The van der Waals surface area contributed by atoms with Crippen molar-refractivity contribution in [2.45, 2.75) is 0 Å². The molecule has 0 heterocycles. The third-order valence-electron chi connectivity index (χ3n) is 4.25. The molecule has 0 fully saturated rings. The highest BCUT2D eigenvalue weighted by Crippen LogP contribution is 2.39. The lowest BCUT2D eigenvalue weighted by molar-refractivity contribution is 0.0217. The predicted molar refractivity (Wildman–Crippen MR) is 123 cm³/mol. The average Bonchev–Trinajstić information content (AvgIpc) is 2.87. The molecule has 0 N–H and O–H groups in total. The molecule has 0 saturated carbocycles. The number of benzene rings is 2. The van der Waals surface area contributed by atoms with E-state index in [9.17, 15) is 4.79 Å². The Morgan fingerprint density at radius 3 is 1.76 bits per heavy atom. The molecule has 0 aliphatic rings. The first-order valence-corrected chi connectivity index (χ1v) is 10.1. The van der Waals surface area contributed by atoms with Crippen LogP contribution in [0.15, 0.2) is 36.4 Å². The van der Waals surface area contributed by atoms with Gasteiger partial charge in [-0.1, -0.05) is 0 Å². The van der Waals surface area contributed by atoms with Crippen LogP contribution in [0.2, 0.25) is 0 Å². The summed E-state index contributed by atoms with van der Waals surface area (Å²) < 4.78 is 47.6. The number of carbonyl (C=O) groups is 1. The molecule has 0 aliphatic carbocycles. The Morgan fingerprint density at radius 1 is 0.706 bits per heavy atom. The Kier molecular flexibility index (Phi) is 11.7. The van der Waals surface area contributed by atoms with Crippen molar-refractivity contribution in [2.24, 2.45) is 0 Å². The summed E-state index contributed by atoms with van der Waals surface area (Å²) in [7, 11) is 7.52. The van der Waals surface area contributed by atoms with Crippen LogP contribution < -0.4 is 23.7 Å². The summed E-state index contributed by atoms with van der Waals surface area (Å²) in [5.74, 6) is 1.57. The number of ether oxygens (including phenoxy) is 9. The van der Waals surface area contributed by atoms with Crippen molar-refractivity contribution in [1.82, 2.24) is 0 Å². The Morgan fingerprint density at radius 2 is 1.24 bits per heavy atom. The van der Waals surface area contributed by atoms with E-state index < -0.39 is 0 Å². The van der Waals surface area contributed by atoms with E-state index in [1.165, 1.54) is 46.6 Å². The van der Waals surface area contributed by atoms with E-state index in [2.05, 4.69) is 0 Å². The first-order valence-electron chi connectivity index (χ1n) is 10.1. The van der Waals surface area contributed by atoms with Gasteiger partial charge in [0.25, 0.3) is 0 Å². The third-order valence-corrected chi connectivity index (χ3v) is 4.25. The van der Waals surface area contributed by atoms with Gasteiger partial charge in [0.2, 0.25) is 5.75 Å². The van der Waals surface area contributed by atoms with Crippen LogP contribution in [-0.2, 0) is 18.9 Å². The van der Waals surface area contributed by atoms with Crippen molar-refractivity contribution in [3.8, 4) is 28.7 Å². The molecular weight excluding hydrogens is 448 g/mol. The highest BCUT2D eigenvalue weighted by molar-refractivity contribution is 6.07. The molecule has 2 aromatic carbocycles. The minimum atomic E-state index is -0.316. The van der Waals surface area contributed by atoms with Crippen LogP contribution in [0.5, 0.6) is 28.7 Å². The van der Waals surface area contributed by atoms with Gasteiger partial charge in [-0.3, -0.25) is 4.79 Å². The Hall–Kier alpha value is -3.31. The molecule has 0 atom stereocenters. The van der Waals surface area contributed by atoms with Crippen LogP contribution in [0.3, 0.4) is 0 Å². The molecule has 2 aromatic rings. The largest absolute Gasteiger partial charge is 0.497 e. The molecule has 0 unspecified atom stereocenters. The van der Waals surface area contributed by atoms with Crippen LogP contribution >= 0.6 is 0 Å². The monoisotopic (exact) mass is 478 g/mol. The molecule has 0 saturated heterocycles. The molecule has 0 aromatic heterocycles. The zero-order chi connectivity index (χ0) is 24.8. The fourth-order valence-electron chi connectivity index (χ4n) is 2.74. The molecule has 10 heteroatoms. The van der Waals surface area contributed by atoms with Crippen LogP contribution in [0.4, 0.5) is 0 Å². The highest BCUT2D eigenvalue weighted by atomic mass is 16.7. The third kappa shape index (κ3) is 7.92. The molecule has 0 bridgehead atoms. The molecule has 0 radical (unpaired) electrons. The maximum atomic E-state index is 13.1. The van der Waals surface area contributed by atoms with Gasteiger partial charge in [-0.2, -0.15) is 0 Å². The van der Waals surface area contributed by atoms with Gasteiger partial charge in [0.1, 0.15) is 11.5 Å². The number of carbonyl (C=O) groups excluding carboxylic acids is 1. The summed E-state index contributed by atoms with van der Waals surface area (Å²) in [5.41, 5.74) is 0.928. The minimum Gasteiger partial charge on any atom is -0.497 e. The number of hydrogen-bond donors (Lipinski definition) is 0. The van der Waals surface area contributed by atoms with Crippen molar-refractivity contribution in [3.05, 3.63) is 47.5 Å². The Balaban J connectivity index is 2.41. The van der Waals surface area contributed by atoms with Gasteiger partial charge in [0.05, 0.1) is 7.11 Å². The molecule has 0 aliphatic heterocycles. The van der Waals surface area contributed by atoms with Crippen molar-refractivity contribution in [2.75, 3.05) is 62.7 Å².